The number of alkyl halides is 1. The van der Waals surface area contributed by atoms with E-state index in [0.717, 1.165) is 0 Å². The third-order valence-corrected chi connectivity index (χ3v) is 1.05. The number of hydrogen-bond donors (Lipinski definition) is 0. The Morgan fingerprint density at radius 2 is 1.90 bits per heavy atom. The van der Waals surface area contributed by atoms with Gasteiger partial charge >= 0.3 is 0 Å². The standard InChI is InChI=1S/C8H15ClO/c1-8(2,3)10-7-5-4-6-9/h4-5H,6-7H2,1-3H3/b5-4+. The number of allylic oxidation sites excluding steroid dienone is 1. The maximum atomic E-state index is 5.41. The largest absolute Gasteiger partial charge is 0.372 e. The molecule has 0 aliphatic heterocycles. The van der Waals surface area contributed by atoms with Gasteiger partial charge in [0.2, 0.25) is 0 Å². The average Bonchev–Trinajstić information content (AvgIpc) is 1.78. The van der Waals surface area contributed by atoms with Crippen LogP contribution in [0, 0.1) is 0 Å². The van der Waals surface area contributed by atoms with Gasteiger partial charge in [-0.2, -0.15) is 0 Å². The summed E-state index contributed by atoms with van der Waals surface area (Å²) < 4.78 is 5.39. The van der Waals surface area contributed by atoms with E-state index in [9.17, 15) is 0 Å². The second-order valence-electron chi connectivity index (χ2n) is 3.05. The maximum Gasteiger partial charge on any atom is 0.0655 e. The van der Waals surface area contributed by atoms with Gasteiger partial charge in [-0.05, 0) is 20.8 Å². The summed E-state index contributed by atoms with van der Waals surface area (Å²) in [5.74, 6) is 0.563. The molecule has 0 aromatic carbocycles. The van der Waals surface area contributed by atoms with Gasteiger partial charge in [0.05, 0.1) is 12.2 Å². The molecule has 0 amide bonds. The van der Waals surface area contributed by atoms with E-state index in [1.807, 2.05) is 32.9 Å². The summed E-state index contributed by atoms with van der Waals surface area (Å²) in [7, 11) is 0. The molecule has 0 radical (unpaired) electrons. The molecule has 0 aliphatic carbocycles. The number of rotatable bonds is 3. The van der Waals surface area contributed by atoms with E-state index in [2.05, 4.69) is 0 Å². The van der Waals surface area contributed by atoms with Crippen molar-refractivity contribution >= 4 is 11.6 Å². The molecule has 0 saturated heterocycles. The van der Waals surface area contributed by atoms with Crippen LogP contribution in [0.5, 0.6) is 0 Å². The van der Waals surface area contributed by atoms with Crippen LogP contribution in [-0.2, 0) is 4.74 Å². The van der Waals surface area contributed by atoms with Crippen LogP contribution in [0.25, 0.3) is 0 Å². The van der Waals surface area contributed by atoms with E-state index in [0.29, 0.717) is 12.5 Å². The van der Waals surface area contributed by atoms with Gasteiger partial charge in [-0.1, -0.05) is 12.2 Å². The third-order valence-electron chi connectivity index (χ3n) is 0.868. The quantitative estimate of drug-likeness (QED) is 0.458. The van der Waals surface area contributed by atoms with Crippen LogP contribution in [0.15, 0.2) is 12.2 Å². The topological polar surface area (TPSA) is 9.23 Å². The normalized spacial score (nSPS) is 12.8. The molecule has 1 nitrogen and oxygen atoms in total. The monoisotopic (exact) mass is 162 g/mol. The van der Waals surface area contributed by atoms with Crippen LogP contribution in [0.3, 0.4) is 0 Å². The van der Waals surface area contributed by atoms with E-state index in [1.165, 1.54) is 0 Å². The van der Waals surface area contributed by atoms with Crippen molar-refractivity contribution in [2.24, 2.45) is 0 Å². The summed E-state index contributed by atoms with van der Waals surface area (Å²) in [6.45, 7) is 6.74. The molecule has 0 atom stereocenters. The van der Waals surface area contributed by atoms with Crippen molar-refractivity contribution in [1.82, 2.24) is 0 Å². The molecule has 0 aliphatic rings. The van der Waals surface area contributed by atoms with Gasteiger partial charge in [0.25, 0.3) is 0 Å². The minimum atomic E-state index is -0.0450. The van der Waals surface area contributed by atoms with Crippen LogP contribution in [0.2, 0.25) is 0 Å². The fourth-order valence-corrected chi connectivity index (χ4v) is 0.555. The zero-order valence-corrected chi connectivity index (χ0v) is 7.61. The predicted octanol–water partition coefficient (Wildman–Crippen LogP) is 2.60. The zero-order valence-electron chi connectivity index (χ0n) is 6.86. The van der Waals surface area contributed by atoms with Crippen molar-refractivity contribution < 1.29 is 4.74 Å². The Morgan fingerprint density at radius 3 is 2.30 bits per heavy atom. The predicted molar refractivity (Wildman–Crippen MR) is 45.6 cm³/mol. The maximum absolute atomic E-state index is 5.41. The van der Waals surface area contributed by atoms with Crippen LogP contribution >= 0.6 is 11.6 Å². The van der Waals surface area contributed by atoms with Crippen LogP contribution in [0.4, 0.5) is 0 Å². The number of ether oxygens (including phenoxy) is 1. The van der Waals surface area contributed by atoms with Crippen molar-refractivity contribution in [3.8, 4) is 0 Å². The van der Waals surface area contributed by atoms with Gasteiger partial charge in [-0.15, -0.1) is 11.6 Å². The highest BCUT2D eigenvalue weighted by molar-refractivity contribution is 6.18. The first-order valence-electron chi connectivity index (χ1n) is 3.41. The molecule has 0 rings (SSSR count). The first-order chi connectivity index (χ1) is 4.56. The van der Waals surface area contributed by atoms with Crippen LogP contribution < -0.4 is 0 Å². The lowest BCUT2D eigenvalue weighted by Gasteiger charge is -2.17. The molecule has 0 bridgehead atoms. The second kappa shape index (κ2) is 4.75. The summed E-state index contributed by atoms with van der Waals surface area (Å²) in [4.78, 5) is 0. The van der Waals surface area contributed by atoms with E-state index in [1.54, 1.807) is 0 Å². The van der Waals surface area contributed by atoms with Crippen LogP contribution in [-0.4, -0.2) is 18.1 Å². The molecule has 0 saturated carbocycles. The van der Waals surface area contributed by atoms with Crippen molar-refractivity contribution in [3.63, 3.8) is 0 Å². The summed E-state index contributed by atoms with van der Waals surface area (Å²) >= 11 is 5.41. The van der Waals surface area contributed by atoms with Crippen molar-refractivity contribution in [3.05, 3.63) is 12.2 Å². The molecular formula is C8H15ClO. The van der Waals surface area contributed by atoms with E-state index in [-0.39, 0.29) is 5.60 Å². The highest BCUT2D eigenvalue weighted by Crippen LogP contribution is 2.05. The molecule has 0 unspecified atom stereocenters. The van der Waals surface area contributed by atoms with Gasteiger partial charge in [0, 0.05) is 5.88 Å². The average molecular weight is 163 g/mol. The molecule has 0 fully saturated rings. The molecular weight excluding hydrogens is 148 g/mol. The summed E-state index contributed by atoms with van der Waals surface area (Å²) in [5.41, 5.74) is -0.0450. The zero-order chi connectivity index (χ0) is 8.04. The van der Waals surface area contributed by atoms with Gasteiger partial charge in [-0.3, -0.25) is 0 Å². The highest BCUT2D eigenvalue weighted by Gasteiger charge is 2.07. The van der Waals surface area contributed by atoms with E-state index >= 15 is 0 Å². The molecule has 10 heavy (non-hydrogen) atoms. The molecule has 0 aromatic rings. The van der Waals surface area contributed by atoms with Gasteiger partial charge in [-0.25, -0.2) is 0 Å². The Morgan fingerprint density at radius 1 is 1.30 bits per heavy atom. The smallest absolute Gasteiger partial charge is 0.0655 e. The van der Waals surface area contributed by atoms with E-state index < -0.39 is 0 Å². The molecule has 2 heteroatoms. The molecule has 0 heterocycles. The van der Waals surface area contributed by atoms with Gasteiger partial charge in [0.15, 0.2) is 0 Å². The Labute approximate surface area is 68.0 Å². The fourth-order valence-electron chi connectivity index (χ4n) is 0.429. The number of halogens is 1. The van der Waals surface area contributed by atoms with Crippen molar-refractivity contribution in [2.75, 3.05) is 12.5 Å². The van der Waals surface area contributed by atoms with Crippen molar-refractivity contribution in [2.45, 2.75) is 26.4 Å². The SMILES string of the molecule is CC(C)(C)OC/C=C/CCl. The fraction of sp³-hybridized carbons (Fsp3) is 0.750. The summed E-state index contributed by atoms with van der Waals surface area (Å²) in [6, 6.07) is 0. The Hall–Kier alpha value is -0.0100. The van der Waals surface area contributed by atoms with Crippen LogP contribution in [0.1, 0.15) is 20.8 Å². The first-order valence-corrected chi connectivity index (χ1v) is 3.94. The Bertz CT molecular complexity index is 102. The lowest BCUT2D eigenvalue weighted by Crippen LogP contribution is -2.18. The summed E-state index contributed by atoms with van der Waals surface area (Å²) in [6.07, 6.45) is 3.81. The second-order valence-corrected chi connectivity index (χ2v) is 3.36. The molecule has 0 spiro atoms. The van der Waals surface area contributed by atoms with Gasteiger partial charge in [0.1, 0.15) is 0 Å². The van der Waals surface area contributed by atoms with E-state index in [4.69, 9.17) is 16.3 Å². The molecule has 0 aromatic heterocycles. The van der Waals surface area contributed by atoms with Gasteiger partial charge < -0.3 is 4.74 Å². The molecule has 0 N–H and O–H groups in total. The van der Waals surface area contributed by atoms with Crippen molar-refractivity contribution in [1.29, 1.82) is 0 Å². The molecule has 60 valence electrons. The minimum absolute atomic E-state index is 0.0450. The lowest BCUT2D eigenvalue weighted by atomic mass is 10.2. The first kappa shape index (κ1) is 9.99. The third kappa shape index (κ3) is 7.99. The number of hydrogen-bond acceptors (Lipinski definition) is 1. The highest BCUT2D eigenvalue weighted by atomic mass is 35.5. The Kier molecular flexibility index (Phi) is 4.75. The Balaban J connectivity index is 3.28. The lowest BCUT2D eigenvalue weighted by molar-refractivity contribution is 0.0149. The minimum Gasteiger partial charge on any atom is -0.372 e. The summed E-state index contributed by atoms with van der Waals surface area (Å²) in [5, 5.41) is 0.